The topological polar surface area (TPSA) is 98.7 Å². The minimum atomic E-state index is -4.55. The van der Waals surface area contributed by atoms with Gasteiger partial charge in [0, 0.05) is 19.2 Å². The van der Waals surface area contributed by atoms with Crippen LogP contribution in [0.2, 0.25) is 0 Å². The Balaban J connectivity index is 0.00000312. The van der Waals surface area contributed by atoms with E-state index in [0.717, 1.165) is 18.2 Å². The first-order valence-corrected chi connectivity index (χ1v) is 7.18. The third-order valence-corrected chi connectivity index (χ3v) is 3.70. The maximum absolute atomic E-state index is 12.5. The third-order valence-electron chi connectivity index (χ3n) is 3.70. The zero-order chi connectivity index (χ0) is 17.9. The second-order valence-electron chi connectivity index (χ2n) is 5.48. The van der Waals surface area contributed by atoms with E-state index in [9.17, 15) is 28.1 Å². The van der Waals surface area contributed by atoms with Gasteiger partial charge in [0.2, 0.25) is 0 Å². The molecule has 0 spiro atoms. The lowest BCUT2D eigenvalue weighted by Crippen LogP contribution is -2.30. The number of rotatable bonds is 5. The number of benzene rings is 1. The fourth-order valence-corrected chi connectivity index (χ4v) is 2.48. The number of hydrogen-bond acceptors (Lipinski definition) is 5. The van der Waals surface area contributed by atoms with Crippen molar-refractivity contribution < 1.29 is 27.6 Å². The van der Waals surface area contributed by atoms with E-state index in [1.165, 1.54) is 4.90 Å². The van der Waals surface area contributed by atoms with Crippen LogP contribution < -0.4 is 10.5 Å². The Kier molecular flexibility index (Phi) is 7.00. The molecule has 140 valence electrons. The molecule has 1 unspecified atom stereocenters. The van der Waals surface area contributed by atoms with Crippen LogP contribution in [-0.4, -0.2) is 48.1 Å². The van der Waals surface area contributed by atoms with Gasteiger partial charge in [0.15, 0.2) is 6.61 Å². The third kappa shape index (κ3) is 5.46. The van der Waals surface area contributed by atoms with E-state index in [1.54, 1.807) is 0 Å². The highest BCUT2D eigenvalue weighted by molar-refractivity contribution is 5.98. The van der Waals surface area contributed by atoms with Gasteiger partial charge in [-0.05, 0) is 31.0 Å². The number of hydrogen-bond donors (Lipinski definition) is 1. The molecular formula is C14H17ClF3N3O4. The lowest BCUT2D eigenvalue weighted by Gasteiger charge is -2.17. The number of ether oxygens (including phenoxy) is 1. The number of nitro groups is 1. The van der Waals surface area contributed by atoms with Crippen LogP contribution >= 0.6 is 12.4 Å². The first-order chi connectivity index (χ1) is 11.2. The lowest BCUT2D eigenvalue weighted by molar-refractivity contribution is -0.385. The summed E-state index contributed by atoms with van der Waals surface area (Å²) >= 11 is 0. The summed E-state index contributed by atoms with van der Waals surface area (Å²) in [5, 5.41) is 11.1. The van der Waals surface area contributed by atoms with Gasteiger partial charge in [0.1, 0.15) is 11.3 Å². The van der Waals surface area contributed by atoms with Gasteiger partial charge in [-0.3, -0.25) is 14.9 Å². The van der Waals surface area contributed by atoms with Crippen molar-refractivity contribution in [2.24, 2.45) is 11.7 Å². The van der Waals surface area contributed by atoms with E-state index < -0.39 is 29.3 Å². The molecule has 0 radical (unpaired) electrons. The number of alkyl halides is 3. The zero-order valence-electron chi connectivity index (χ0n) is 13.0. The predicted molar refractivity (Wildman–Crippen MR) is 85.0 cm³/mol. The highest BCUT2D eigenvalue weighted by Gasteiger charge is 2.32. The maximum Gasteiger partial charge on any atom is 0.422 e. The molecule has 2 N–H and O–H groups in total. The van der Waals surface area contributed by atoms with Gasteiger partial charge in [-0.25, -0.2) is 0 Å². The van der Waals surface area contributed by atoms with Crippen molar-refractivity contribution in [3.05, 3.63) is 33.9 Å². The number of nitrogens with zero attached hydrogens (tertiary/aromatic N) is 2. The van der Waals surface area contributed by atoms with Gasteiger partial charge < -0.3 is 15.4 Å². The normalized spacial score (nSPS) is 17.1. The van der Waals surface area contributed by atoms with Gasteiger partial charge in [-0.2, -0.15) is 13.2 Å². The van der Waals surface area contributed by atoms with E-state index in [4.69, 9.17) is 5.73 Å². The molecule has 1 aromatic carbocycles. The Hall–Kier alpha value is -2.07. The van der Waals surface area contributed by atoms with E-state index in [2.05, 4.69) is 4.74 Å². The maximum atomic E-state index is 12.5. The van der Waals surface area contributed by atoms with E-state index in [1.807, 2.05) is 0 Å². The molecule has 1 aliphatic heterocycles. The number of amides is 1. The summed E-state index contributed by atoms with van der Waals surface area (Å²) in [6.07, 6.45) is -3.87. The first-order valence-electron chi connectivity index (χ1n) is 7.18. The highest BCUT2D eigenvalue weighted by atomic mass is 35.5. The number of halogens is 4. The minimum absolute atomic E-state index is 0. The molecule has 1 heterocycles. The van der Waals surface area contributed by atoms with Crippen LogP contribution in [0.4, 0.5) is 18.9 Å². The molecule has 11 heteroatoms. The molecular weight excluding hydrogens is 367 g/mol. The monoisotopic (exact) mass is 383 g/mol. The summed E-state index contributed by atoms with van der Waals surface area (Å²) in [6.45, 7) is -0.399. The molecule has 1 atom stereocenters. The number of carbonyl (C=O) groups excluding carboxylic acids is 1. The second kappa shape index (κ2) is 8.34. The highest BCUT2D eigenvalue weighted by Crippen LogP contribution is 2.28. The number of nitro benzene ring substituents is 1. The molecule has 0 saturated carbocycles. The van der Waals surface area contributed by atoms with Gasteiger partial charge in [0.25, 0.3) is 11.6 Å². The van der Waals surface area contributed by atoms with E-state index in [0.29, 0.717) is 26.1 Å². The SMILES string of the molecule is Cl.NCC1CCN(C(=O)c2cc(OCC(F)(F)F)ccc2[N+](=O)[O-])C1. The second-order valence-corrected chi connectivity index (χ2v) is 5.48. The van der Waals surface area contributed by atoms with Crippen LogP contribution in [0.25, 0.3) is 0 Å². The molecule has 0 bridgehead atoms. The fraction of sp³-hybridized carbons (Fsp3) is 0.500. The van der Waals surface area contributed by atoms with Gasteiger partial charge in [-0.15, -0.1) is 12.4 Å². The average molecular weight is 384 g/mol. The summed E-state index contributed by atoms with van der Waals surface area (Å²) in [4.78, 5) is 24.2. The first kappa shape index (κ1) is 21.0. The Morgan fingerprint density at radius 2 is 2.12 bits per heavy atom. The molecule has 0 aromatic heterocycles. The van der Waals surface area contributed by atoms with E-state index >= 15 is 0 Å². The summed E-state index contributed by atoms with van der Waals surface area (Å²) in [7, 11) is 0. The Labute approximate surface area is 147 Å². The van der Waals surface area contributed by atoms with Gasteiger partial charge in [0.05, 0.1) is 4.92 Å². The van der Waals surface area contributed by atoms with Crippen LogP contribution in [0, 0.1) is 16.0 Å². The van der Waals surface area contributed by atoms with Crippen molar-refractivity contribution in [3.8, 4) is 5.75 Å². The molecule has 0 aliphatic carbocycles. The summed E-state index contributed by atoms with van der Waals surface area (Å²) in [5.41, 5.74) is 4.77. The Bertz CT molecular complexity index is 642. The fourth-order valence-electron chi connectivity index (χ4n) is 2.48. The standard InChI is InChI=1S/C14H16F3N3O4.ClH/c15-14(16,17)8-24-10-1-2-12(20(22)23)11(5-10)13(21)19-4-3-9(6-18)7-19;/h1-2,5,9H,3-4,6-8,18H2;1H. The largest absolute Gasteiger partial charge is 0.484 e. The molecule has 25 heavy (non-hydrogen) atoms. The quantitative estimate of drug-likeness (QED) is 0.621. The number of nitrogens with two attached hydrogens (primary N) is 1. The Morgan fingerprint density at radius 1 is 1.44 bits per heavy atom. The average Bonchev–Trinajstić information content (AvgIpc) is 3.00. The molecule has 7 nitrogen and oxygen atoms in total. The summed E-state index contributed by atoms with van der Waals surface area (Å²) in [6, 6.07) is 2.98. The van der Waals surface area contributed by atoms with Crippen LogP contribution in [0.5, 0.6) is 5.75 Å². The van der Waals surface area contributed by atoms with Crippen molar-refractivity contribution in [3.63, 3.8) is 0 Å². The van der Waals surface area contributed by atoms with E-state index in [-0.39, 0.29) is 29.6 Å². The Morgan fingerprint density at radius 3 is 2.64 bits per heavy atom. The summed E-state index contributed by atoms with van der Waals surface area (Å²) in [5.74, 6) is -0.761. The van der Waals surface area contributed by atoms with Crippen molar-refractivity contribution in [1.82, 2.24) is 4.90 Å². The molecule has 1 saturated heterocycles. The molecule has 1 amide bonds. The van der Waals surface area contributed by atoms with Crippen LogP contribution in [0.1, 0.15) is 16.8 Å². The molecule has 1 aromatic rings. The number of carbonyl (C=O) groups is 1. The molecule has 1 aliphatic rings. The van der Waals surface area contributed by atoms with Gasteiger partial charge >= 0.3 is 6.18 Å². The van der Waals surface area contributed by atoms with Crippen LogP contribution in [-0.2, 0) is 0 Å². The predicted octanol–water partition coefficient (Wildman–Crippen LogP) is 2.38. The number of likely N-dealkylation sites (tertiary alicyclic amines) is 1. The lowest BCUT2D eigenvalue weighted by atomic mass is 10.1. The minimum Gasteiger partial charge on any atom is -0.484 e. The van der Waals surface area contributed by atoms with Crippen molar-refractivity contribution in [2.75, 3.05) is 26.2 Å². The van der Waals surface area contributed by atoms with Crippen LogP contribution in [0.3, 0.4) is 0 Å². The van der Waals surface area contributed by atoms with Crippen molar-refractivity contribution in [2.45, 2.75) is 12.6 Å². The summed E-state index contributed by atoms with van der Waals surface area (Å²) < 4.78 is 41.2. The molecule has 2 rings (SSSR count). The smallest absolute Gasteiger partial charge is 0.422 e. The van der Waals surface area contributed by atoms with Crippen molar-refractivity contribution >= 4 is 24.0 Å². The van der Waals surface area contributed by atoms with Gasteiger partial charge in [-0.1, -0.05) is 0 Å². The zero-order valence-corrected chi connectivity index (χ0v) is 13.8. The van der Waals surface area contributed by atoms with Crippen LogP contribution in [0.15, 0.2) is 18.2 Å². The molecule has 1 fully saturated rings. The van der Waals surface area contributed by atoms with Crippen molar-refractivity contribution in [1.29, 1.82) is 0 Å².